The number of nitrogens with zero attached hydrogens (tertiary/aromatic N) is 2. The smallest absolute Gasteiger partial charge is 0.242 e. The van der Waals surface area contributed by atoms with Crippen LogP contribution in [0.2, 0.25) is 0 Å². The summed E-state index contributed by atoms with van der Waals surface area (Å²) < 4.78 is 1.82. The van der Waals surface area contributed by atoms with Crippen molar-refractivity contribution in [1.29, 1.82) is 0 Å². The molecule has 0 aromatic carbocycles. The normalized spacial score (nSPS) is 17.8. The lowest BCUT2D eigenvalue weighted by molar-refractivity contribution is -0.130. The van der Waals surface area contributed by atoms with Crippen LogP contribution in [-0.2, 0) is 11.3 Å². The Hall–Kier alpha value is -1.29. The summed E-state index contributed by atoms with van der Waals surface area (Å²) in [5.74, 6) is 0.149. The maximum atomic E-state index is 11.9. The lowest BCUT2D eigenvalue weighted by Crippen LogP contribution is -2.31. The van der Waals surface area contributed by atoms with Crippen molar-refractivity contribution in [1.82, 2.24) is 9.47 Å². The molecule has 1 atom stereocenters. The standard InChI is InChI=1S/C12H18N2O2/c1-10(15)11-5-4-8-14(11)9-12(16)13-6-2-3-7-13/h4-5,8,10,15H,2-3,6-7,9H2,1H3. The van der Waals surface area contributed by atoms with Crippen molar-refractivity contribution in [3.8, 4) is 0 Å². The van der Waals surface area contributed by atoms with Crippen LogP contribution in [0, 0.1) is 0 Å². The maximum Gasteiger partial charge on any atom is 0.242 e. The van der Waals surface area contributed by atoms with Gasteiger partial charge in [-0.1, -0.05) is 0 Å². The number of hydrogen-bond donors (Lipinski definition) is 1. The second-order valence-corrected chi connectivity index (χ2v) is 4.32. The van der Waals surface area contributed by atoms with E-state index in [-0.39, 0.29) is 5.91 Å². The molecule has 1 unspecified atom stereocenters. The molecule has 1 N–H and O–H groups in total. The van der Waals surface area contributed by atoms with Gasteiger partial charge in [0.2, 0.25) is 5.91 Å². The second kappa shape index (κ2) is 4.70. The monoisotopic (exact) mass is 222 g/mol. The van der Waals surface area contributed by atoms with Gasteiger partial charge in [-0.15, -0.1) is 0 Å². The Labute approximate surface area is 95.5 Å². The summed E-state index contributed by atoms with van der Waals surface area (Å²) in [6.45, 7) is 3.81. The number of rotatable bonds is 3. The topological polar surface area (TPSA) is 45.5 Å². The van der Waals surface area contributed by atoms with Crippen LogP contribution >= 0.6 is 0 Å². The first-order valence-corrected chi connectivity index (χ1v) is 5.79. The highest BCUT2D eigenvalue weighted by atomic mass is 16.3. The molecule has 1 fully saturated rings. The molecule has 2 heterocycles. The summed E-state index contributed by atoms with van der Waals surface area (Å²) in [7, 11) is 0. The average molecular weight is 222 g/mol. The average Bonchev–Trinajstić information content (AvgIpc) is 2.86. The van der Waals surface area contributed by atoms with Crippen molar-refractivity contribution in [2.24, 2.45) is 0 Å². The van der Waals surface area contributed by atoms with Crippen LogP contribution in [0.25, 0.3) is 0 Å². The summed E-state index contributed by atoms with van der Waals surface area (Å²) in [5, 5.41) is 9.53. The molecule has 1 amide bonds. The molecule has 4 heteroatoms. The molecule has 2 rings (SSSR count). The number of carbonyl (C=O) groups excluding carboxylic acids is 1. The van der Waals surface area contributed by atoms with Crippen LogP contribution in [0.1, 0.15) is 31.6 Å². The van der Waals surface area contributed by atoms with Gasteiger partial charge in [-0.25, -0.2) is 0 Å². The molecule has 1 aliphatic heterocycles. The Morgan fingerprint density at radius 2 is 2.19 bits per heavy atom. The molecule has 1 aromatic heterocycles. The highest BCUT2D eigenvalue weighted by molar-refractivity contribution is 5.76. The molecule has 1 saturated heterocycles. The Bertz CT molecular complexity index is 365. The summed E-state index contributed by atoms with van der Waals surface area (Å²) in [4.78, 5) is 13.8. The van der Waals surface area contributed by atoms with E-state index in [4.69, 9.17) is 0 Å². The molecule has 0 saturated carbocycles. The van der Waals surface area contributed by atoms with E-state index in [1.54, 1.807) is 6.92 Å². The summed E-state index contributed by atoms with van der Waals surface area (Å²) in [6.07, 6.45) is 3.54. The summed E-state index contributed by atoms with van der Waals surface area (Å²) in [5.41, 5.74) is 0.799. The molecule has 0 radical (unpaired) electrons. The first-order chi connectivity index (χ1) is 7.68. The Morgan fingerprint density at radius 3 is 2.81 bits per heavy atom. The van der Waals surface area contributed by atoms with Crippen LogP contribution in [-0.4, -0.2) is 33.6 Å². The molecule has 16 heavy (non-hydrogen) atoms. The number of carbonyl (C=O) groups is 1. The van der Waals surface area contributed by atoms with Gasteiger partial charge in [0, 0.05) is 25.0 Å². The molecule has 1 aromatic rings. The maximum absolute atomic E-state index is 11.9. The zero-order chi connectivity index (χ0) is 11.5. The van der Waals surface area contributed by atoms with Gasteiger partial charge in [0.15, 0.2) is 0 Å². The van der Waals surface area contributed by atoms with Crippen molar-refractivity contribution in [2.75, 3.05) is 13.1 Å². The van der Waals surface area contributed by atoms with E-state index in [0.29, 0.717) is 6.54 Å². The fraction of sp³-hybridized carbons (Fsp3) is 0.583. The van der Waals surface area contributed by atoms with Gasteiger partial charge in [-0.3, -0.25) is 4.79 Å². The minimum Gasteiger partial charge on any atom is -0.387 e. The van der Waals surface area contributed by atoms with Crippen molar-refractivity contribution in [3.63, 3.8) is 0 Å². The predicted molar refractivity (Wildman–Crippen MR) is 60.9 cm³/mol. The Balaban J connectivity index is 2.02. The van der Waals surface area contributed by atoms with E-state index < -0.39 is 6.10 Å². The quantitative estimate of drug-likeness (QED) is 0.834. The molecule has 1 aliphatic rings. The van der Waals surface area contributed by atoms with Crippen molar-refractivity contribution < 1.29 is 9.90 Å². The van der Waals surface area contributed by atoms with Gasteiger partial charge in [0.25, 0.3) is 0 Å². The first kappa shape index (κ1) is 11.2. The van der Waals surface area contributed by atoms with Gasteiger partial charge in [0.1, 0.15) is 6.54 Å². The molecule has 0 aliphatic carbocycles. The van der Waals surface area contributed by atoms with Gasteiger partial charge in [-0.05, 0) is 31.9 Å². The van der Waals surface area contributed by atoms with E-state index >= 15 is 0 Å². The number of aliphatic hydroxyl groups is 1. The third-order valence-corrected chi connectivity index (χ3v) is 3.06. The van der Waals surface area contributed by atoms with Crippen LogP contribution in [0.4, 0.5) is 0 Å². The van der Waals surface area contributed by atoms with Crippen molar-refractivity contribution in [3.05, 3.63) is 24.0 Å². The van der Waals surface area contributed by atoms with E-state index in [2.05, 4.69) is 0 Å². The Kier molecular flexibility index (Phi) is 3.29. The van der Waals surface area contributed by atoms with Gasteiger partial charge in [-0.2, -0.15) is 0 Å². The fourth-order valence-electron chi connectivity index (χ4n) is 2.16. The molecule has 0 bridgehead atoms. The zero-order valence-electron chi connectivity index (χ0n) is 9.59. The van der Waals surface area contributed by atoms with E-state index in [9.17, 15) is 9.90 Å². The first-order valence-electron chi connectivity index (χ1n) is 5.79. The third-order valence-electron chi connectivity index (χ3n) is 3.06. The molecule has 88 valence electrons. The lowest BCUT2D eigenvalue weighted by Gasteiger charge is -2.17. The van der Waals surface area contributed by atoms with Crippen molar-refractivity contribution in [2.45, 2.75) is 32.4 Å². The molecular weight excluding hydrogens is 204 g/mol. The minimum absolute atomic E-state index is 0.149. The van der Waals surface area contributed by atoms with E-state index in [1.807, 2.05) is 27.8 Å². The fourth-order valence-corrected chi connectivity index (χ4v) is 2.16. The number of amides is 1. The van der Waals surface area contributed by atoms with Crippen LogP contribution < -0.4 is 0 Å². The lowest BCUT2D eigenvalue weighted by atomic mass is 10.3. The summed E-state index contributed by atoms with van der Waals surface area (Å²) >= 11 is 0. The van der Waals surface area contributed by atoms with Crippen LogP contribution in [0.3, 0.4) is 0 Å². The third kappa shape index (κ3) is 2.27. The van der Waals surface area contributed by atoms with Gasteiger partial charge in [0.05, 0.1) is 6.10 Å². The molecular formula is C12H18N2O2. The van der Waals surface area contributed by atoms with Crippen molar-refractivity contribution >= 4 is 5.91 Å². The molecule has 0 spiro atoms. The van der Waals surface area contributed by atoms with Crippen LogP contribution in [0.15, 0.2) is 18.3 Å². The number of hydrogen-bond acceptors (Lipinski definition) is 2. The zero-order valence-corrected chi connectivity index (χ0v) is 9.59. The minimum atomic E-state index is -0.527. The molecule has 4 nitrogen and oxygen atoms in total. The Morgan fingerprint density at radius 1 is 1.50 bits per heavy atom. The number of likely N-dealkylation sites (tertiary alicyclic amines) is 1. The largest absolute Gasteiger partial charge is 0.387 e. The van der Waals surface area contributed by atoms with E-state index in [0.717, 1.165) is 31.6 Å². The highest BCUT2D eigenvalue weighted by Crippen LogP contribution is 2.14. The summed E-state index contributed by atoms with van der Waals surface area (Å²) in [6, 6.07) is 3.71. The van der Waals surface area contributed by atoms with E-state index in [1.165, 1.54) is 0 Å². The second-order valence-electron chi connectivity index (χ2n) is 4.32. The number of aromatic nitrogens is 1. The number of aliphatic hydroxyl groups excluding tert-OH is 1. The van der Waals surface area contributed by atoms with Crippen LogP contribution in [0.5, 0.6) is 0 Å². The highest BCUT2D eigenvalue weighted by Gasteiger charge is 2.19. The van der Waals surface area contributed by atoms with Gasteiger partial charge >= 0.3 is 0 Å². The van der Waals surface area contributed by atoms with Gasteiger partial charge < -0.3 is 14.6 Å². The predicted octanol–water partition coefficient (Wildman–Crippen LogP) is 1.16. The SMILES string of the molecule is CC(O)c1cccn1CC(=O)N1CCCC1.